The standard InChI is InChI=1S/C21H30F3O2Si/c1-20(2,3)19(26-27(4)5)17-13-15(21(22,23)24)11-12-16(17)18(25)14-9-7-6-8-10-14/h11-14,19H,6-10H2,1-5H3. The normalized spacial score (nSPS) is 18.0. The molecule has 0 bridgehead atoms. The summed E-state index contributed by atoms with van der Waals surface area (Å²) in [7, 11) is -1.17. The molecule has 27 heavy (non-hydrogen) atoms. The zero-order chi connectivity index (χ0) is 20.4. The number of ketones is 1. The smallest absolute Gasteiger partial charge is 0.410 e. The summed E-state index contributed by atoms with van der Waals surface area (Å²) in [5.74, 6) is -0.125. The summed E-state index contributed by atoms with van der Waals surface area (Å²) in [6, 6.07) is 3.54. The van der Waals surface area contributed by atoms with Crippen LogP contribution in [0.3, 0.4) is 0 Å². The summed E-state index contributed by atoms with van der Waals surface area (Å²) >= 11 is 0. The minimum absolute atomic E-state index is 0.0303. The third kappa shape index (κ3) is 5.67. The Hall–Kier alpha value is -1.14. The van der Waals surface area contributed by atoms with Gasteiger partial charge in [0.25, 0.3) is 0 Å². The van der Waals surface area contributed by atoms with Crippen LogP contribution in [0.4, 0.5) is 13.2 Å². The van der Waals surface area contributed by atoms with E-state index in [0.29, 0.717) is 11.1 Å². The van der Waals surface area contributed by atoms with Gasteiger partial charge in [-0.3, -0.25) is 4.79 Å². The molecule has 1 saturated carbocycles. The van der Waals surface area contributed by atoms with Crippen molar-refractivity contribution in [2.24, 2.45) is 11.3 Å². The Morgan fingerprint density at radius 1 is 1.11 bits per heavy atom. The third-order valence-corrected chi connectivity index (χ3v) is 5.75. The molecule has 151 valence electrons. The van der Waals surface area contributed by atoms with Crippen LogP contribution in [0.2, 0.25) is 13.1 Å². The van der Waals surface area contributed by atoms with Crippen LogP contribution in [0.25, 0.3) is 0 Å². The number of benzene rings is 1. The van der Waals surface area contributed by atoms with E-state index in [1.54, 1.807) is 0 Å². The molecule has 0 heterocycles. The Morgan fingerprint density at radius 2 is 1.70 bits per heavy atom. The van der Waals surface area contributed by atoms with Crippen molar-refractivity contribution in [1.82, 2.24) is 0 Å². The molecule has 6 heteroatoms. The maximum Gasteiger partial charge on any atom is 0.416 e. The van der Waals surface area contributed by atoms with Crippen molar-refractivity contribution in [3.63, 3.8) is 0 Å². The highest BCUT2D eigenvalue weighted by atomic mass is 28.3. The van der Waals surface area contributed by atoms with E-state index in [1.165, 1.54) is 6.07 Å². The van der Waals surface area contributed by atoms with E-state index >= 15 is 0 Å². The predicted octanol–water partition coefficient (Wildman–Crippen LogP) is 6.82. The lowest BCUT2D eigenvalue weighted by atomic mass is 9.78. The van der Waals surface area contributed by atoms with Gasteiger partial charge in [-0.15, -0.1) is 0 Å². The number of carbonyl (C=O) groups excluding carboxylic acids is 1. The predicted molar refractivity (Wildman–Crippen MR) is 103 cm³/mol. The van der Waals surface area contributed by atoms with E-state index in [0.717, 1.165) is 44.2 Å². The number of alkyl halides is 3. The van der Waals surface area contributed by atoms with E-state index in [9.17, 15) is 18.0 Å². The summed E-state index contributed by atoms with van der Waals surface area (Å²) in [5.41, 5.74) is -0.359. The second-order valence-corrected chi connectivity index (χ2v) is 10.8. The van der Waals surface area contributed by atoms with Crippen LogP contribution < -0.4 is 0 Å². The Balaban J connectivity index is 2.56. The molecule has 1 aromatic carbocycles. The molecule has 0 aromatic heterocycles. The quantitative estimate of drug-likeness (QED) is 0.401. The van der Waals surface area contributed by atoms with Crippen LogP contribution >= 0.6 is 0 Å². The van der Waals surface area contributed by atoms with Gasteiger partial charge in [0.2, 0.25) is 9.04 Å². The van der Waals surface area contributed by atoms with Crippen LogP contribution in [0.5, 0.6) is 0 Å². The Labute approximate surface area is 162 Å². The van der Waals surface area contributed by atoms with E-state index in [2.05, 4.69) is 0 Å². The molecule has 2 nitrogen and oxygen atoms in total. The van der Waals surface area contributed by atoms with Gasteiger partial charge in [-0.1, -0.05) is 46.1 Å². The first-order valence-electron chi connectivity index (χ1n) is 9.63. The van der Waals surface area contributed by atoms with Gasteiger partial charge in [-0.2, -0.15) is 13.2 Å². The number of Topliss-reactive ketones (excluding diaryl/α,β-unsaturated/α-hetero) is 1. The van der Waals surface area contributed by atoms with Crippen molar-refractivity contribution in [2.75, 3.05) is 0 Å². The lowest BCUT2D eigenvalue weighted by Crippen LogP contribution is -2.29. The average molecular weight is 400 g/mol. The number of carbonyl (C=O) groups is 1. The summed E-state index contributed by atoms with van der Waals surface area (Å²) in [5, 5.41) is 0. The topological polar surface area (TPSA) is 26.3 Å². The Morgan fingerprint density at radius 3 is 2.19 bits per heavy atom. The number of hydrogen-bond donors (Lipinski definition) is 0. The van der Waals surface area contributed by atoms with Crippen LogP contribution in [-0.4, -0.2) is 14.8 Å². The summed E-state index contributed by atoms with van der Waals surface area (Å²) in [6.45, 7) is 9.74. The van der Waals surface area contributed by atoms with Crippen LogP contribution in [0.15, 0.2) is 18.2 Å². The van der Waals surface area contributed by atoms with Crippen molar-refractivity contribution in [1.29, 1.82) is 0 Å². The minimum atomic E-state index is -4.45. The molecular weight excluding hydrogens is 369 g/mol. The second kappa shape index (κ2) is 8.48. The van der Waals surface area contributed by atoms with Gasteiger partial charge in [-0.05, 0) is 49.0 Å². The van der Waals surface area contributed by atoms with E-state index in [4.69, 9.17) is 4.43 Å². The number of hydrogen-bond acceptors (Lipinski definition) is 2. The van der Waals surface area contributed by atoms with Crippen LogP contribution in [0, 0.1) is 11.3 Å². The fourth-order valence-corrected chi connectivity index (χ4v) is 4.66. The Bertz CT molecular complexity index is 656. The Kier molecular flexibility index (Phi) is 6.95. The molecule has 1 aromatic rings. The zero-order valence-corrected chi connectivity index (χ0v) is 17.9. The first-order valence-corrected chi connectivity index (χ1v) is 12.0. The van der Waals surface area contributed by atoms with Gasteiger partial charge < -0.3 is 4.43 Å². The van der Waals surface area contributed by atoms with Gasteiger partial charge in [0, 0.05) is 11.5 Å². The SMILES string of the molecule is C[Si](C)OC(c1cc(C(F)(F)F)ccc1C(=O)C1CCCCC1)C(C)(C)C. The molecule has 1 radical (unpaired) electrons. The zero-order valence-electron chi connectivity index (χ0n) is 16.9. The van der Waals surface area contributed by atoms with Gasteiger partial charge in [0.1, 0.15) is 0 Å². The monoisotopic (exact) mass is 399 g/mol. The highest BCUT2D eigenvalue weighted by Crippen LogP contribution is 2.42. The minimum Gasteiger partial charge on any atom is -0.410 e. The molecule has 0 N–H and O–H groups in total. The molecule has 1 unspecified atom stereocenters. The molecule has 0 spiro atoms. The number of halogens is 3. The van der Waals surface area contributed by atoms with Crippen LogP contribution in [-0.2, 0) is 10.6 Å². The van der Waals surface area contributed by atoms with Crippen molar-refractivity contribution in [3.8, 4) is 0 Å². The fourth-order valence-electron chi connectivity index (χ4n) is 3.71. The highest BCUT2D eigenvalue weighted by Gasteiger charge is 2.37. The molecular formula is C21H30F3O2Si. The van der Waals surface area contributed by atoms with Crippen LogP contribution in [0.1, 0.15) is 80.5 Å². The van der Waals surface area contributed by atoms with Gasteiger partial charge in [0.15, 0.2) is 5.78 Å². The van der Waals surface area contributed by atoms with Gasteiger partial charge in [0.05, 0.1) is 11.7 Å². The maximum atomic E-state index is 13.4. The van der Waals surface area contributed by atoms with Crippen molar-refractivity contribution < 1.29 is 22.4 Å². The van der Waals surface area contributed by atoms with E-state index < -0.39 is 32.3 Å². The summed E-state index contributed by atoms with van der Waals surface area (Å²) < 4.78 is 46.2. The average Bonchev–Trinajstić information content (AvgIpc) is 2.57. The molecule has 1 atom stereocenters. The molecule has 0 aliphatic heterocycles. The second-order valence-electron chi connectivity index (χ2n) is 8.77. The molecule has 0 saturated heterocycles. The van der Waals surface area contributed by atoms with E-state index in [1.807, 2.05) is 33.9 Å². The first kappa shape index (κ1) is 22.1. The van der Waals surface area contributed by atoms with Crippen molar-refractivity contribution >= 4 is 14.8 Å². The van der Waals surface area contributed by atoms with E-state index in [-0.39, 0.29) is 11.7 Å². The molecule has 1 fully saturated rings. The molecule has 0 amide bonds. The van der Waals surface area contributed by atoms with Gasteiger partial charge >= 0.3 is 6.18 Å². The first-order chi connectivity index (χ1) is 12.4. The lowest BCUT2D eigenvalue weighted by molar-refractivity contribution is -0.137. The molecule has 1 aliphatic carbocycles. The molecule has 2 rings (SSSR count). The van der Waals surface area contributed by atoms with Crippen molar-refractivity contribution in [2.45, 2.75) is 78.2 Å². The summed E-state index contributed by atoms with van der Waals surface area (Å²) in [4.78, 5) is 13.2. The van der Waals surface area contributed by atoms with Gasteiger partial charge in [-0.25, -0.2) is 0 Å². The fraction of sp³-hybridized carbons (Fsp3) is 0.667. The third-order valence-electron chi connectivity index (χ3n) is 5.04. The maximum absolute atomic E-state index is 13.4. The van der Waals surface area contributed by atoms with Crippen molar-refractivity contribution in [3.05, 3.63) is 34.9 Å². The highest BCUT2D eigenvalue weighted by molar-refractivity contribution is 6.48. The lowest BCUT2D eigenvalue weighted by Gasteiger charge is -2.35. The molecule has 1 aliphatic rings. The number of rotatable bonds is 5. The summed E-state index contributed by atoms with van der Waals surface area (Å²) in [6.07, 6.45) is -0.240. The largest absolute Gasteiger partial charge is 0.416 e.